The molecule has 6 heteroatoms. The molecular weight excluding hydrogens is 320 g/mol. The average Bonchev–Trinajstić information content (AvgIpc) is 2.86. The molecule has 0 fully saturated rings. The normalized spacial score (nSPS) is 12.0. The van der Waals surface area contributed by atoms with Crippen molar-refractivity contribution in [3.05, 3.63) is 40.6 Å². The van der Waals surface area contributed by atoms with Crippen molar-refractivity contribution < 1.29 is 4.79 Å². The highest BCUT2D eigenvalue weighted by Crippen LogP contribution is 2.26. The minimum absolute atomic E-state index is 0.0388. The van der Waals surface area contributed by atoms with Crippen LogP contribution in [0.1, 0.15) is 25.3 Å². The molecule has 0 bridgehead atoms. The number of thioether (sulfide) groups is 1. The van der Waals surface area contributed by atoms with Crippen molar-refractivity contribution in [2.45, 2.75) is 24.0 Å². The van der Waals surface area contributed by atoms with Crippen LogP contribution < -0.4 is 4.67 Å². The number of hydrogen-bond donors (Lipinski definition) is 0. The lowest BCUT2D eigenvalue weighted by Gasteiger charge is -2.06. The van der Waals surface area contributed by atoms with Crippen LogP contribution in [0.5, 0.6) is 0 Å². The summed E-state index contributed by atoms with van der Waals surface area (Å²) in [5, 5.41) is 0.0388. The van der Waals surface area contributed by atoms with Crippen molar-refractivity contribution in [3.8, 4) is 0 Å². The van der Waals surface area contributed by atoms with E-state index in [9.17, 15) is 4.79 Å². The van der Waals surface area contributed by atoms with Crippen LogP contribution in [0.4, 0.5) is 10.5 Å². The van der Waals surface area contributed by atoms with Gasteiger partial charge in [0.25, 0.3) is 5.24 Å². The molecule has 0 N–H and O–H groups in total. The van der Waals surface area contributed by atoms with Gasteiger partial charge >= 0.3 is 0 Å². The molecule has 0 aliphatic heterocycles. The van der Waals surface area contributed by atoms with Crippen molar-refractivity contribution in [1.82, 2.24) is 4.90 Å². The molecule has 0 aliphatic rings. The van der Waals surface area contributed by atoms with Gasteiger partial charge in [0.1, 0.15) is 4.67 Å². The highest BCUT2D eigenvalue weighted by molar-refractivity contribution is 8.15. The Balaban J connectivity index is 2.15. The second-order valence-corrected chi connectivity index (χ2v) is 8.53. The summed E-state index contributed by atoms with van der Waals surface area (Å²) in [6.45, 7) is 4.36. The molecule has 0 atom stereocenters. The van der Waals surface area contributed by atoms with Crippen LogP contribution in [0, 0.1) is 0 Å². The molecule has 0 unspecified atom stereocenters. The summed E-state index contributed by atoms with van der Waals surface area (Å²) in [4.78, 5) is 17.8. The lowest BCUT2D eigenvalue weighted by atomic mass is 10.0. The van der Waals surface area contributed by atoms with Gasteiger partial charge in [0.2, 0.25) is 0 Å². The minimum atomic E-state index is 0.0388. The zero-order valence-corrected chi connectivity index (χ0v) is 14.9. The van der Waals surface area contributed by atoms with Crippen LogP contribution in [0.25, 0.3) is 0 Å². The van der Waals surface area contributed by atoms with Crippen molar-refractivity contribution in [2.75, 3.05) is 14.1 Å². The predicted molar refractivity (Wildman–Crippen MR) is 92.9 cm³/mol. The predicted octanol–water partition coefficient (Wildman–Crippen LogP) is 4.94. The lowest BCUT2D eigenvalue weighted by Crippen LogP contribution is -2.15. The van der Waals surface area contributed by atoms with Gasteiger partial charge in [0, 0.05) is 14.1 Å². The fourth-order valence-electron chi connectivity index (χ4n) is 1.57. The standard InChI is InChI=1S/C15H18N2OS3/c1-10(2)11-5-7-12(8-6-11)16-13-9-14(21-20-13)19-15(18)17(3)4/h5-10H,1-4H3. The molecule has 0 saturated carbocycles. The molecule has 0 saturated heterocycles. The van der Waals surface area contributed by atoms with E-state index >= 15 is 0 Å². The van der Waals surface area contributed by atoms with E-state index < -0.39 is 0 Å². The Labute approximate surface area is 136 Å². The molecule has 1 aromatic heterocycles. The third-order valence-corrected chi connectivity index (χ3v) is 6.52. The Bertz CT molecular complexity index is 669. The zero-order chi connectivity index (χ0) is 15.4. The topological polar surface area (TPSA) is 32.7 Å². The van der Waals surface area contributed by atoms with Crippen molar-refractivity contribution >= 4 is 43.4 Å². The quantitative estimate of drug-likeness (QED) is 0.586. The van der Waals surface area contributed by atoms with Crippen LogP contribution in [0.3, 0.4) is 0 Å². The maximum atomic E-state index is 11.7. The molecule has 1 aromatic carbocycles. The monoisotopic (exact) mass is 338 g/mol. The second kappa shape index (κ2) is 7.24. The molecule has 112 valence electrons. The molecule has 1 heterocycles. The second-order valence-electron chi connectivity index (χ2n) is 5.09. The summed E-state index contributed by atoms with van der Waals surface area (Å²) in [5.41, 5.74) is 2.26. The Morgan fingerprint density at radius 2 is 1.86 bits per heavy atom. The van der Waals surface area contributed by atoms with Crippen LogP contribution in [0.2, 0.25) is 0 Å². The highest BCUT2D eigenvalue weighted by Gasteiger charge is 2.08. The molecule has 1 amide bonds. The number of rotatable bonds is 3. The van der Waals surface area contributed by atoms with Gasteiger partial charge in [-0.1, -0.05) is 46.7 Å². The van der Waals surface area contributed by atoms with Crippen LogP contribution in [0.15, 0.2) is 39.5 Å². The summed E-state index contributed by atoms with van der Waals surface area (Å²) in [5.74, 6) is 0.531. The number of carbonyl (C=O) groups excluding carboxylic acids is 1. The number of benzene rings is 1. The molecule has 0 aliphatic carbocycles. The smallest absolute Gasteiger partial charge is 0.286 e. The third kappa shape index (κ3) is 4.69. The van der Waals surface area contributed by atoms with Gasteiger partial charge in [-0.15, -0.1) is 0 Å². The SMILES string of the molecule is CC(C)c1ccc(N=c2cc(SC(=O)N(C)C)ss2)cc1. The van der Waals surface area contributed by atoms with E-state index in [0.717, 1.165) is 14.6 Å². The molecule has 0 spiro atoms. The van der Waals surface area contributed by atoms with Gasteiger partial charge in [0.15, 0.2) is 0 Å². The molecule has 2 aromatic rings. The number of nitrogens with zero attached hydrogens (tertiary/aromatic N) is 2. The van der Waals surface area contributed by atoms with Crippen molar-refractivity contribution in [3.63, 3.8) is 0 Å². The number of hydrogen-bond acceptors (Lipinski definition) is 5. The first kappa shape index (κ1) is 16.3. The maximum Gasteiger partial charge on any atom is 0.286 e. The lowest BCUT2D eigenvalue weighted by molar-refractivity contribution is 0.241. The van der Waals surface area contributed by atoms with Crippen molar-refractivity contribution in [2.24, 2.45) is 4.99 Å². The average molecular weight is 339 g/mol. The van der Waals surface area contributed by atoms with E-state index in [0.29, 0.717) is 5.92 Å². The molecule has 2 rings (SSSR count). The summed E-state index contributed by atoms with van der Waals surface area (Å²) in [7, 11) is 6.69. The van der Waals surface area contributed by atoms with Gasteiger partial charge in [-0.05, 0) is 41.4 Å². The minimum Gasteiger partial charge on any atom is -0.339 e. The first-order chi connectivity index (χ1) is 9.95. The first-order valence-corrected chi connectivity index (χ1v) is 9.56. The van der Waals surface area contributed by atoms with Gasteiger partial charge in [-0.2, -0.15) is 0 Å². The van der Waals surface area contributed by atoms with Gasteiger partial charge in [-0.25, -0.2) is 4.99 Å². The highest BCUT2D eigenvalue weighted by atomic mass is 32.9. The van der Waals surface area contributed by atoms with E-state index in [1.807, 2.05) is 18.2 Å². The molecular formula is C15H18N2OS3. The Morgan fingerprint density at radius 3 is 2.43 bits per heavy atom. The Hall–Kier alpha value is -1.11. The van der Waals surface area contributed by atoms with Crippen LogP contribution in [-0.2, 0) is 0 Å². The maximum absolute atomic E-state index is 11.7. The number of amides is 1. The van der Waals surface area contributed by atoms with E-state index in [4.69, 9.17) is 0 Å². The van der Waals surface area contributed by atoms with E-state index in [-0.39, 0.29) is 5.24 Å². The Kier molecular flexibility index (Phi) is 5.61. The number of carbonyl (C=O) groups is 1. The summed E-state index contributed by atoms with van der Waals surface area (Å²) >= 11 is 1.25. The fourth-order valence-corrected chi connectivity index (χ4v) is 4.74. The van der Waals surface area contributed by atoms with E-state index in [2.05, 4.69) is 31.0 Å². The van der Waals surface area contributed by atoms with Crippen LogP contribution in [-0.4, -0.2) is 24.2 Å². The summed E-state index contributed by atoms with van der Waals surface area (Å²) < 4.78 is 1.92. The first-order valence-electron chi connectivity index (χ1n) is 6.59. The molecule has 0 radical (unpaired) electrons. The van der Waals surface area contributed by atoms with Gasteiger partial charge in [0.05, 0.1) is 9.90 Å². The van der Waals surface area contributed by atoms with Crippen molar-refractivity contribution in [1.29, 1.82) is 0 Å². The largest absolute Gasteiger partial charge is 0.339 e. The van der Waals surface area contributed by atoms with Crippen LogP contribution >= 0.6 is 32.4 Å². The van der Waals surface area contributed by atoms with E-state index in [1.165, 1.54) is 17.3 Å². The Morgan fingerprint density at radius 1 is 1.19 bits per heavy atom. The summed E-state index contributed by atoms with van der Waals surface area (Å²) in [6, 6.07) is 10.3. The van der Waals surface area contributed by atoms with Gasteiger partial charge in [-0.3, -0.25) is 4.79 Å². The molecule has 3 nitrogen and oxygen atoms in total. The fraction of sp³-hybridized carbons (Fsp3) is 0.333. The van der Waals surface area contributed by atoms with Gasteiger partial charge < -0.3 is 4.90 Å². The van der Waals surface area contributed by atoms with E-state index in [1.54, 1.807) is 39.7 Å². The third-order valence-electron chi connectivity index (χ3n) is 2.80. The summed E-state index contributed by atoms with van der Waals surface area (Å²) in [6.07, 6.45) is 0. The molecule has 21 heavy (non-hydrogen) atoms. The zero-order valence-electron chi connectivity index (χ0n) is 12.5.